The Balaban J connectivity index is 1.52. The van der Waals surface area contributed by atoms with E-state index in [-0.39, 0.29) is 22.2 Å². The van der Waals surface area contributed by atoms with Crippen molar-refractivity contribution in [2.75, 3.05) is 17.7 Å². The highest BCUT2D eigenvalue weighted by Gasteiger charge is 2.54. The number of aromatic nitrogens is 2. The van der Waals surface area contributed by atoms with Gasteiger partial charge < -0.3 is 26.1 Å². The number of β-lactam (4-membered cyclic amide) rings is 1. The summed E-state index contributed by atoms with van der Waals surface area (Å²) < 4.78 is 3.13. The smallest absolute Gasteiger partial charge is 0.352 e. The molecule has 2 aliphatic heterocycles. The van der Waals surface area contributed by atoms with Gasteiger partial charge in [-0.1, -0.05) is 22.6 Å². The number of anilines is 1. The first-order chi connectivity index (χ1) is 18.9. The molecule has 17 heteroatoms. The zero-order valence-corrected chi connectivity index (χ0v) is 24.7. The summed E-state index contributed by atoms with van der Waals surface area (Å²) >= 11 is 5.56. The maximum absolute atomic E-state index is 13.2. The van der Waals surface area contributed by atoms with Gasteiger partial charge in [-0.15, -0.1) is 23.1 Å². The van der Waals surface area contributed by atoms with Crippen LogP contribution in [0.4, 0.5) is 5.13 Å². The Morgan fingerprint density at radius 3 is 2.75 bits per heavy atom. The van der Waals surface area contributed by atoms with Crippen LogP contribution < -0.4 is 15.6 Å². The second-order valence-electron chi connectivity index (χ2n) is 8.89. The Bertz CT molecular complexity index is 1450. The fourth-order valence-electron chi connectivity index (χ4n) is 3.68. The molecule has 0 aliphatic carbocycles. The number of nitrogens with two attached hydrogens (primary N) is 1. The summed E-state index contributed by atoms with van der Waals surface area (Å²) in [6.07, 6.45) is 7.47. The summed E-state index contributed by atoms with van der Waals surface area (Å²) in [6.45, 7) is 3.05. The van der Waals surface area contributed by atoms with Crippen LogP contribution in [-0.2, 0) is 30.6 Å². The Labute approximate surface area is 244 Å². The number of amides is 2. The third kappa shape index (κ3) is 6.01. The van der Waals surface area contributed by atoms with Crippen molar-refractivity contribution in [1.82, 2.24) is 15.2 Å². The van der Waals surface area contributed by atoms with Crippen molar-refractivity contribution in [3.05, 3.63) is 46.1 Å². The largest absolute Gasteiger partial charge is 0.478 e. The normalized spacial score (nSPS) is 19.4. The number of hydrogen-bond donors (Lipinski definition) is 4. The standard InChI is InChI=1S/C23H24N6O7S4/c1-23(2,20(34)35)36-27-13(12-10-40-21(24)25-12)16(30)26-14-17(31)29-15(19(32)33)11(9-39-18(14)29)5-4-6-28-7-8-38-22(28)37-3/h4-5,7-8,10,14,18H,6,9H2,1-3H3,(H4-,24,25,26,30,32,33,34,35)/p+1/b5-4?,27-13-/t14?,18-/m1/s1. The van der Waals surface area contributed by atoms with E-state index in [1.807, 2.05) is 28.5 Å². The van der Waals surface area contributed by atoms with E-state index in [2.05, 4.69) is 15.5 Å². The lowest BCUT2D eigenvalue weighted by Gasteiger charge is -2.49. The zero-order chi connectivity index (χ0) is 29.2. The number of allylic oxidation sites excluding steroid dienone is 2. The predicted octanol–water partition coefficient (Wildman–Crippen LogP) is 1.38. The van der Waals surface area contributed by atoms with Crippen LogP contribution in [0.3, 0.4) is 0 Å². The van der Waals surface area contributed by atoms with Crippen LogP contribution in [0.2, 0.25) is 0 Å². The van der Waals surface area contributed by atoms with Crippen LogP contribution in [0.15, 0.2) is 49.9 Å². The van der Waals surface area contributed by atoms with Crippen LogP contribution in [0.5, 0.6) is 0 Å². The molecule has 2 aliphatic rings. The second-order valence-corrected chi connectivity index (χ2v) is 12.8. The molecule has 2 amide bonds. The van der Waals surface area contributed by atoms with Gasteiger partial charge in [0.1, 0.15) is 22.8 Å². The van der Waals surface area contributed by atoms with E-state index in [1.54, 1.807) is 29.2 Å². The zero-order valence-electron chi connectivity index (χ0n) is 21.4. The number of thioether (sulfide) groups is 2. The van der Waals surface area contributed by atoms with Gasteiger partial charge in [0.2, 0.25) is 5.60 Å². The maximum Gasteiger partial charge on any atom is 0.352 e. The van der Waals surface area contributed by atoms with E-state index in [4.69, 9.17) is 10.6 Å². The molecule has 2 aromatic heterocycles. The molecule has 2 aromatic rings. The van der Waals surface area contributed by atoms with Crippen molar-refractivity contribution >= 4 is 80.8 Å². The van der Waals surface area contributed by atoms with Crippen LogP contribution >= 0.6 is 46.2 Å². The SMILES string of the molecule is CSc1scc[n+]1CC=CC1=C(C(=O)O)N2C(=O)C(NC(=O)/C(=N\OC(C)(C)C(=O)O)c3csc(N)n3)[C@H]2SC1. The summed E-state index contributed by atoms with van der Waals surface area (Å²) in [5.41, 5.74) is 3.94. The number of aliphatic carboxylic acids is 2. The first kappa shape index (κ1) is 29.6. The molecule has 0 radical (unpaired) electrons. The molecule has 40 heavy (non-hydrogen) atoms. The van der Waals surface area contributed by atoms with Crippen LogP contribution in [0.25, 0.3) is 0 Å². The van der Waals surface area contributed by atoms with E-state index < -0.39 is 40.8 Å². The minimum Gasteiger partial charge on any atom is -0.478 e. The minimum atomic E-state index is -1.75. The molecule has 212 valence electrons. The topological polar surface area (TPSA) is 188 Å². The first-order valence-electron chi connectivity index (χ1n) is 11.5. The van der Waals surface area contributed by atoms with Gasteiger partial charge >= 0.3 is 11.9 Å². The average Bonchev–Trinajstić information content (AvgIpc) is 3.55. The molecule has 1 fully saturated rings. The van der Waals surface area contributed by atoms with E-state index >= 15 is 0 Å². The summed E-state index contributed by atoms with van der Waals surface area (Å²) in [5, 5.41) is 28.4. The molecule has 0 spiro atoms. The van der Waals surface area contributed by atoms with E-state index in [9.17, 15) is 29.4 Å². The lowest BCUT2D eigenvalue weighted by molar-refractivity contribution is -0.716. The summed E-state index contributed by atoms with van der Waals surface area (Å²) in [7, 11) is 0. The molecule has 0 aromatic carbocycles. The number of thiazole rings is 2. The van der Waals surface area contributed by atoms with Crippen LogP contribution in [-0.4, -0.2) is 78.6 Å². The third-order valence-electron chi connectivity index (χ3n) is 5.79. The number of carboxylic acid groups (broad SMARTS) is 2. The summed E-state index contributed by atoms with van der Waals surface area (Å²) in [5.74, 6) is -3.71. The fourth-order valence-corrected chi connectivity index (χ4v) is 7.06. The van der Waals surface area contributed by atoms with Gasteiger partial charge in [-0.3, -0.25) is 14.5 Å². The molecule has 1 unspecified atom stereocenters. The Kier molecular flexibility index (Phi) is 8.86. The number of rotatable bonds is 11. The average molecular weight is 626 g/mol. The maximum atomic E-state index is 13.2. The number of nitrogens with zero attached hydrogens (tertiary/aromatic N) is 4. The Morgan fingerprint density at radius 2 is 2.12 bits per heavy atom. The van der Waals surface area contributed by atoms with Gasteiger partial charge in [-0.25, -0.2) is 14.6 Å². The van der Waals surface area contributed by atoms with E-state index in [1.165, 1.54) is 31.0 Å². The Hall–Kier alpha value is -3.41. The van der Waals surface area contributed by atoms with Gasteiger partial charge in [0, 0.05) is 11.1 Å². The van der Waals surface area contributed by atoms with Crippen molar-refractivity contribution in [1.29, 1.82) is 0 Å². The highest BCUT2D eigenvalue weighted by atomic mass is 32.2. The fraction of sp³-hybridized carbons (Fsp3) is 0.348. The number of nitrogens with one attached hydrogen (secondary N) is 1. The monoisotopic (exact) mass is 625 g/mol. The molecular formula is C23H25N6O7S4+. The van der Waals surface area contributed by atoms with Crippen molar-refractivity contribution in [3.63, 3.8) is 0 Å². The highest BCUT2D eigenvalue weighted by molar-refractivity contribution is 8.00. The number of fused-ring (bicyclic) bond motifs is 1. The van der Waals surface area contributed by atoms with Gasteiger partial charge in [-0.2, -0.15) is 4.57 Å². The highest BCUT2D eigenvalue weighted by Crippen LogP contribution is 2.40. The number of oxime groups is 1. The number of hydrogen-bond acceptors (Lipinski definition) is 12. The second kappa shape index (κ2) is 12.0. The van der Waals surface area contributed by atoms with Crippen LogP contribution in [0.1, 0.15) is 19.5 Å². The molecule has 0 bridgehead atoms. The summed E-state index contributed by atoms with van der Waals surface area (Å²) in [4.78, 5) is 60.1. The lowest BCUT2D eigenvalue weighted by atomic mass is 10.0. The van der Waals surface area contributed by atoms with Gasteiger partial charge in [-0.05, 0) is 43.5 Å². The van der Waals surface area contributed by atoms with Gasteiger partial charge in [0.25, 0.3) is 16.2 Å². The summed E-state index contributed by atoms with van der Waals surface area (Å²) in [6, 6.07) is -1.04. The number of nitrogen functional groups attached to an aromatic ring is 1. The molecule has 4 heterocycles. The number of carboxylic acids is 2. The van der Waals surface area contributed by atoms with Crippen molar-refractivity contribution < 1.29 is 38.8 Å². The van der Waals surface area contributed by atoms with Gasteiger partial charge in [0.05, 0.1) is 5.38 Å². The molecule has 5 N–H and O–H groups in total. The number of carbonyl (C=O) groups is 4. The molecule has 13 nitrogen and oxygen atoms in total. The Morgan fingerprint density at radius 1 is 1.38 bits per heavy atom. The minimum absolute atomic E-state index is 0.0350. The molecule has 4 rings (SSSR count). The van der Waals surface area contributed by atoms with E-state index in [0.29, 0.717) is 17.9 Å². The molecule has 2 atom stereocenters. The third-order valence-corrected chi connectivity index (χ3v) is 9.83. The van der Waals surface area contributed by atoms with Crippen molar-refractivity contribution in [2.45, 2.75) is 41.7 Å². The van der Waals surface area contributed by atoms with Crippen molar-refractivity contribution in [3.8, 4) is 0 Å². The van der Waals surface area contributed by atoms with E-state index in [0.717, 1.165) is 20.6 Å². The molecule has 1 saturated heterocycles. The first-order valence-corrected chi connectivity index (χ1v) is 15.6. The van der Waals surface area contributed by atoms with Crippen molar-refractivity contribution in [2.24, 2.45) is 5.16 Å². The number of carbonyl (C=O) groups excluding carboxylic acids is 2. The molecule has 0 saturated carbocycles. The lowest BCUT2D eigenvalue weighted by Crippen LogP contribution is -2.71. The predicted molar refractivity (Wildman–Crippen MR) is 151 cm³/mol. The van der Waals surface area contributed by atoms with Gasteiger partial charge in [0.15, 0.2) is 23.6 Å². The van der Waals surface area contributed by atoms with Crippen LogP contribution in [0, 0.1) is 0 Å². The molecular weight excluding hydrogens is 601 g/mol. The quantitative estimate of drug-likeness (QED) is 0.0928.